The summed E-state index contributed by atoms with van der Waals surface area (Å²) in [6.07, 6.45) is 2.84. The van der Waals surface area contributed by atoms with Gasteiger partial charge in [0.2, 0.25) is 0 Å². The lowest BCUT2D eigenvalue weighted by Crippen LogP contribution is -2.40. The van der Waals surface area contributed by atoms with Crippen LogP contribution in [0.2, 0.25) is 5.02 Å². The first-order chi connectivity index (χ1) is 12.1. The van der Waals surface area contributed by atoms with E-state index in [9.17, 15) is 9.59 Å². The molecule has 134 valence electrons. The van der Waals surface area contributed by atoms with E-state index in [1.54, 1.807) is 24.3 Å². The fourth-order valence-electron chi connectivity index (χ4n) is 4.77. The Morgan fingerprint density at radius 2 is 2.00 bits per heavy atom. The van der Waals surface area contributed by atoms with Crippen molar-refractivity contribution in [1.82, 2.24) is 10.2 Å². The molecule has 1 saturated heterocycles. The summed E-state index contributed by atoms with van der Waals surface area (Å²) in [5.41, 5.74) is 0.645. The largest absolute Gasteiger partial charge is 0.448 e. The molecule has 3 aliphatic rings. The highest BCUT2D eigenvalue weighted by molar-refractivity contribution is 6.30. The maximum absolute atomic E-state index is 12.5. The van der Waals surface area contributed by atoms with E-state index in [2.05, 4.69) is 12.2 Å². The predicted octanol–water partition coefficient (Wildman–Crippen LogP) is 3.33. The lowest BCUT2D eigenvalue weighted by Gasteiger charge is -2.26. The number of halogens is 1. The Hall–Kier alpha value is -1.75. The van der Waals surface area contributed by atoms with Crippen LogP contribution in [0.1, 0.15) is 36.5 Å². The van der Waals surface area contributed by atoms with Crippen LogP contribution < -0.4 is 5.32 Å². The van der Waals surface area contributed by atoms with E-state index in [-0.39, 0.29) is 18.0 Å². The molecule has 1 aromatic carbocycles. The molecule has 1 aromatic rings. The van der Waals surface area contributed by atoms with E-state index >= 15 is 0 Å². The van der Waals surface area contributed by atoms with Gasteiger partial charge < -0.3 is 15.0 Å². The molecule has 2 saturated carbocycles. The highest BCUT2D eigenvalue weighted by Gasteiger charge is 2.60. The third kappa shape index (κ3) is 3.10. The second-order valence-electron chi connectivity index (χ2n) is 7.33. The van der Waals surface area contributed by atoms with Gasteiger partial charge in [0.25, 0.3) is 5.91 Å². The molecule has 1 heterocycles. The summed E-state index contributed by atoms with van der Waals surface area (Å²) in [4.78, 5) is 26.1. The quantitative estimate of drug-likeness (QED) is 0.874. The second kappa shape index (κ2) is 6.52. The molecule has 5 nitrogen and oxygen atoms in total. The molecule has 0 radical (unpaired) electrons. The van der Waals surface area contributed by atoms with Crippen molar-refractivity contribution in [2.24, 2.45) is 17.8 Å². The summed E-state index contributed by atoms with van der Waals surface area (Å²) in [5.74, 6) is 1.74. The molecule has 25 heavy (non-hydrogen) atoms. The number of hydrogen-bond acceptors (Lipinski definition) is 3. The maximum atomic E-state index is 12.5. The number of amides is 2. The van der Waals surface area contributed by atoms with Crippen molar-refractivity contribution in [3.8, 4) is 0 Å². The van der Waals surface area contributed by atoms with Gasteiger partial charge in [-0.05, 0) is 61.3 Å². The molecule has 2 aliphatic carbocycles. The Kier molecular flexibility index (Phi) is 4.36. The first kappa shape index (κ1) is 16.7. The van der Waals surface area contributed by atoms with Crippen molar-refractivity contribution in [3.05, 3.63) is 34.9 Å². The van der Waals surface area contributed by atoms with Gasteiger partial charge in [0, 0.05) is 22.7 Å². The molecule has 3 unspecified atom stereocenters. The third-order valence-electron chi connectivity index (χ3n) is 6.05. The highest BCUT2D eigenvalue weighted by Crippen LogP contribution is 2.60. The van der Waals surface area contributed by atoms with Gasteiger partial charge in [0.1, 0.15) is 6.61 Å². The monoisotopic (exact) mass is 362 g/mol. The summed E-state index contributed by atoms with van der Waals surface area (Å²) in [5, 5.41) is 3.83. The maximum Gasteiger partial charge on any atom is 0.410 e. The van der Waals surface area contributed by atoms with Crippen LogP contribution in [-0.4, -0.2) is 42.1 Å². The first-order valence-electron chi connectivity index (χ1n) is 9.08. The van der Waals surface area contributed by atoms with Crippen LogP contribution in [-0.2, 0) is 4.74 Å². The zero-order valence-corrected chi connectivity index (χ0v) is 15.0. The molecule has 2 amide bonds. The number of cyclic esters (lactones) is 1. The Balaban J connectivity index is 1.34. The number of rotatable bonds is 5. The molecule has 6 heteroatoms. The lowest BCUT2D eigenvalue weighted by molar-refractivity contribution is 0.0926. The van der Waals surface area contributed by atoms with Gasteiger partial charge >= 0.3 is 6.09 Å². The van der Waals surface area contributed by atoms with Crippen LogP contribution in [0, 0.1) is 17.8 Å². The Bertz CT molecular complexity index is 666. The Labute approximate surface area is 152 Å². The van der Waals surface area contributed by atoms with Crippen LogP contribution in [0.15, 0.2) is 24.3 Å². The van der Waals surface area contributed by atoms with Crippen LogP contribution in [0.4, 0.5) is 4.79 Å². The Morgan fingerprint density at radius 1 is 1.32 bits per heavy atom. The highest BCUT2D eigenvalue weighted by atomic mass is 35.5. The number of nitrogens with one attached hydrogen (secondary N) is 1. The molecule has 0 bridgehead atoms. The fourth-order valence-corrected chi connectivity index (χ4v) is 4.90. The lowest BCUT2D eigenvalue weighted by atomic mass is 9.98. The van der Waals surface area contributed by atoms with Gasteiger partial charge in [0.15, 0.2) is 0 Å². The molecular formula is C19H23ClN2O3. The van der Waals surface area contributed by atoms with Gasteiger partial charge in [0.05, 0.1) is 6.54 Å². The van der Waals surface area contributed by atoms with Crippen LogP contribution in [0.25, 0.3) is 0 Å². The normalized spacial score (nSPS) is 31.4. The molecule has 3 fully saturated rings. The molecule has 0 aromatic heterocycles. The summed E-state index contributed by atoms with van der Waals surface area (Å²) in [7, 11) is 0. The summed E-state index contributed by atoms with van der Waals surface area (Å²) >= 11 is 5.88. The topological polar surface area (TPSA) is 58.6 Å². The Morgan fingerprint density at radius 3 is 2.56 bits per heavy atom. The van der Waals surface area contributed by atoms with E-state index < -0.39 is 0 Å². The molecule has 3 atom stereocenters. The zero-order chi connectivity index (χ0) is 17.6. The standard InChI is InChI=1S/C19H23ClN2O3/c1-2-16(21-18(23)11-3-5-12(20)6-4-11)17-14-9-13(10-15(14)17)22-7-8-25-19(22)24/h3-6,13-17H,2,7-10H2,1H3,(H,21,23). The minimum atomic E-state index is -0.161. The number of nitrogens with zero attached hydrogens (tertiary/aromatic N) is 1. The minimum absolute atomic E-state index is 0.0341. The molecular weight excluding hydrogens is 340 g/mol. The number of carbonyl (C=O) groups is 2. The average molecular weight is 363 g/mol. The van der Waals surface area contributed by atoms with Gasteiger partial charge in [-0.25, -0.2) is 4.79 Å². The van der Waals surface area contributed by atoms with E-state index in [4.69, 9.17) is 16.3 Å². The molecule has 0 spiro atoms. The van der Waals surface area contributed by atoms with Gasteiger partial charge in [-0.1, -0.05) is 18.5 Å². The van der Waals surface area contributed by atoms with E-state index in [0.717, 1.165) is 25.8 Å². The van der Waals surface area contributed by atoms with Crippen LogP contribution in [0.3, 0.4) is 0 Å². The summed E-state index contributed by atoms with van der Waals surface area (Å²) in [6.45, 7) is 3.36. The minimum Gasteiger partial charge on any atom is -0.448 e. The van der Waals surface area contributed by atoms with E-state index in [0.29, 0.717) is 41.0 Å². The SMILES string of the molecule is CCC(NC(=O)c1ccc(Cl)cc1)C1C2CC(N3CCOC3=O)CC21. The second-order valence-corrected chi connectivity index (χ2v) is 7.77. The number of ether oxygens (including phenoxy) is 1. The number of hydrogen-bond donors (Lipinski definition) is 1. The van der Waals surface area contributed by atoms with E-state index in [1.165, 1.54) is 0 Å². The van der Waals surface area contributed by atoms with Crippen molar-refractivity contribution in [3.63, 3.8) is 0 Å². The van der Waals surface area contributed by atoms with Crippen molar-refractivity contribution < 1.29 is 14.3 Å². The van der Waals surface area contributed by atoms with Crippen molar-refractivity contribution in [2.45, 2.75) is 38.3 Å². The average Bonchev–Trinajstić information content (AvgIpc) is 2.95. The van der Waals surface area contributed by atoms with E-state index in [1.807, 2.05) is 4.90 Å². The smallest absolute Gasteiger partial charge is 0.410 e. The third-order valence-corrected chi connectivity index (χ3v) is 6.30. The van der Waals surface area contributed by atoms with Crippen molar-refractivity contribution >= 4 is 23.6 Å². The first-order valence-corrected chi connectivity index (χ1v) is 9.46. The summed E-state index contributed by atoms with van der Waals surface area (Å²) < 4.78 is 5.05. The zero-order valence-electron chi connectivity index (χ0n) is 14.3. The summed E-state index contributed by atoms with van der Waals surface area (Å²) in [6, 6.07) is 7.52. The fraction of sp³-hybridized carbons (Fsp3) is 0.579. The number of benzene rings is 1. The van der Waals surface area contributed by atoms with Crippen molar-refractivity contribution in [2.75, 3.05) is 13.2 Å². The molecule has 1 aliphatic heterocycles. The van der Waals surface area contributed by atoms with Crippen molar-refractivity contribution in [1.29, 1.82) is 0 Å². The van der Waals surface area contributed by atoms with Crippen LogP contribution in [0.5, 0.6) is 0 Å². The molecule has 4 rings (SSSR count). The number of carbonyl (C=O) groups excluding carboxylic acids is 2. The van der Waals surface area contributed by atoms with Gasteiger partial charge in [-0.15, -0.1) is 0 Å². The van der Waals surface area contributed by atoms with Gasteiger partial charge in [-0.2, -0.15) is 0 Å². The predicted molar refractivity (Wildman–Crippen MR) is 94.5 cm³/mol. The van der Waals surface area contributed by atoms with Gasteiger partial charge in [-0.3, -0.25) is 4.79 Å². The van der Waals surface area contributed by atoms with Crippen LogP contribution >= 0.6 is 11.6 Å². The number of fused-ring (bicyclic) bond motifs is 1. The molecule has 1 N–H and O–H groups in total.